The van der Waals surface area contributed by atoms with Gasteiger partial charge in [0.2, 0.25) is 0 Å². The number of halogens is 3. The molecule has 0 bridgehead atoms. The molecule has 2 aromatic rings. The maximum Gasteiger partial charge on any atom is 0.252 e. The topological polar surface area (TPSA) is 35.5 Å². The van der Waals surface area contributed by atoms with Crippen LogP contribution in [0.25, 0.3) is 0 Å². The quantitative estimate of drug-likeness (QED) is 0.397. The lowest BCUT2D eigenvalue weighted by molar-refractivity contribution is 0.108. The summed E-state index contributed by atoms with van der Waals surface area (Å²) < 4.78 is 13.2. The lowest BCUT2D eigenvalue weighted by atomic mass is 10.2. The largest absolute Gasteiger partial charge is 0.490 e. The molecule has 2 aromatic carbocycles. The number of hydrogen-bond acceptors (Lipinski definition) is 3. The van der Waals surface area contributed by atoms with Gasteiger partial charge in [-0.05, 0) is 70.9 Å². The molecule has 0 N–H and O–H groups in total. The fourth-order valence-corrected chi connectivity index (χ4v) is 3.18. The summed E-state index contributed by atoms with van der Waals surface area (Å²) in [6.07, 6.45) is 0. The van der Waals surface area contributed by atoms with Crippen molar-refractivity contribution in [3.63, 3.8) is 0 Å². The second kappa shape index (κ2) is 8.17. The summed E-state index contributed by atoms with van der Waals surface area (Å²) in [5.74, 6) is 1.14. The fraction of sp³-hybridized carbons (Fsp3) is 0.188. The predicted octanol–water partition coefficient (Wildman–Crippen LogP) is 5.41. The molecule has 116 valence electrons. The highest BCUT2D eigenvalue weighted by atomic mass is 127. The summed E-state index contributed by atoms with van der Waals surface area (Å²) in [7, 11) is 0. The highest BCUT2D eigenvalue weighted by molar-refractivity contribution is 14.1. The van der Waals surface area contributed by atoms with Crippen molar-refractivity contribution >= 4 is 55.4 Å². The molecule has 0 aromatic heterocycles. The first-order chi connectivity index (χ1) is 10.5. The van der Waals surface area contributed by atoms with Crippen LogP contribution in [-0.2, 0) is 6.61 Å². The summed E-state index contributed by atoms with van der Waals surface area (Å²) in [6, 6.07) is 11.2. The minimum Gasteiger partial charge on any atom is -0.490 e. The van der Waals surface area contributed by atoms with Crippen molar-refractivity contribution in [1.82, 2.24) is 0 Å². The van der Waals surface area contributed by atoms with Gasteiger partial charge < -0.3 is 9.47 Å². The van der Waals surface area contributed by atoms with Gasteiger partial charge in [-0.2, -0.15) is 0 Å². The van der Waals surface area contributed by atoms with E-state index < -0.39 is 5.24 Å². The zero-order valence-electron chi connectivity index (χ0n) is 11.7. The smallest absolute Gasteiger partial charge is 0.252 e. The summed E-state index contributed by atoms with van der Waals surface area (Å²) in [4.78, 5) is 11.3. The SMILES string of the molecule is CCOc1cc(C(=O)Cl)cc(I)c1OCc1cccc(Br)c1. The number of carbonyl (C=O) groups excluding carboxylic acids is 1. The second-order valence-electron chi connectivity index (χ2n) is 4.41. The number of benzene rings is 2. The molecule has 6 heteroatoms. The lowest BCUT2D eigenvalue weighted by Gasteiger charge is -2.15. The first kappa shape index (κ1) is 17.6. The van der Waals surface area contributed by atoms with Crippen molar-refractivity contribution in [2.75, 3.05) is 6.61 Å². The molecular formula is C16H13BrClIO3. The average molecular weight is 496 g/mol. The summed E-state index contributed by atoms with van der Waals surface area (Å²) in [5.41, 5.74) is 1.43. The van der Waals surface area contributed by atoms with E-state index in [1.807, 2.05) is 31.2 Å². The van der Waals surface area contributed by atoms with E-state index in [9.17, 15) is 4.79 Å². The Balaban J connectivity index is 2.27. The van der Waals surface area contributed by atoms with E-state index >= 15 is 0 Å². The van der Waals surface area contributed by atoms with Crippen molar-refractivity contribution in [2.45, 2.75) is 13.5 Å². The van der Waals surface area contributed by atoms with E-state index in [1.165, 1.54) is 0 Å². The maximum absolute atomic E-state index is 11.3. The molecular weight excluding hydrogens is 482 g/mol. The van der Waals surface area contributed by atoms with Crippen LogP contribution in [0.1, 0.15) is 22.8 Å². The fourth-order valence-electron chi connectivity index (χ4n) is 1.87. The van der Waals surface area contributed by atoms with Gasteiger partial charge >= 0.3 is 0 Å². The molecule has 0 amide bonds. The molecule has 0 aliphatic carbocycles. The Morgan fingerprint density at radius 2 is 2.05 bits per heavy atom. The molecule has 0 saturated heterocycles. The zero-order chi connectivity index (χ0) is 16.1. The molecule has 0 aliphatic rings. The van der Waals surface area contributed by atoms with Crippen LogP contribution in [0.15, 0.2) is 40.9 Å². The maximum atomic E-state index is 11.3. The van der Waals surface area contributed by atoms with Crippen molar-refractivity contribution in [2.24, 2.45) is 0 Å². The average Bonchev–Trinajstić information content (AvgIpc) is 2.46. The molecule has 0 saturated carbocycles. The normalized spacial score (nSPS) is 10.4. The van der Waals surface area contributed by atoms with Crippen LogP contribution < -0.4 is 9.47 Å². The van der Waals surface area contributed by atoms with Gasteiger partial charge in [0.1, 0.15) is 6.61 Å². The van der Waals surface area contributed by atoms with Crippen LogP contribution in [-0.4, -0.2) is 11.8 Å². The van der Waals surface area contributed by atoms with E-state index in [-0.39, 0.29) is 0 Å². The van der Waals surface area contributed by atoms with Crippen molar-refractivity contribution in [3.05, 3.63) is 55.6 Å². The van der Waals surface area contributed by atoms with E-state index in [4.69, 9.17) is 21.1 Å². The van der Waals surface area contributed by atoms with E-state index in [2.05, 4.69) is 38.5 Å². The van der Waals surface area contributed by atoms with Crippen LogP contribution in [0, 0.1) is 3.57 Å². The molecule has 0 radical (unpaired) electrons. The Kier molecular flexibility index (Phi) is 6.52. The first-order valence-electron chi connectivity index (χ1n) is 6.54. The molecule has 0 spiro atoms. The summed E-state index contributed by atoms with van der Waals surface area (Å²) in [5, 5.41) is -0.516. The number of ether oxygens (including phenoxy) is 2. The number of hydrogen-bond donors (Lipinski definition) is 0. The molecule has 0 heterocycles. The molecule has 22 heavy (non-hydrogen) atoms. The Bertz CT molecular complexity index is 691. The van der Waals surface area contributed by atoms with Gasteiger partial charge in [-0.25, -0.2) is 0 Å². The van der Waals surface area contributed by atoms with Crippen LogP contribution in [0.5, 0.6) is 11.5 Å². The van der Waals surface area contributed by atoms with Gasteiger partial charge in [-0.3, -0.25) is 4.79 Å². The standard InChI is InChI=1S/C16H13BrClIO3/c1-2-21-14-8-11(16(18)20)7-13(19)15(14)22-9-10-4-3-5-12(17)6-10/h3-8H,2,9H2,1H3. The van der Waals surface area contributed by atoms with Crippen LogP contribution in [0.4, 0.5) is 0 Å². The highest BCUT2D eigenvalue weighted by Gasteiger charge is 2.15. The third-order valence-corrected chi connectivity index (χ3v) is 4.32. The molecule has 0 atom stereocenters. The second-order valence-corrected chi connectivity index (χ2v) is 6.83. The van der Waals surface area contributed by atoms with Gasteiger partial charge in [0.05, 0.1) is 10.2 Å². The van der Waals surface area contributed by atoms with Gasteiger partial charge in [0.15, 0.2) is 11.5 Å². The minimum atomic E-state index is -0.516. The number of rotatable bonds is 6. The third kappa shape index (κ3) is 4.60. The predicted molar refractivity (Wildman–Crippen MR) is 99.0 cm³/mol. The van der Waals surface area contributed by atoms with Gasteiger partial charge in [-0.15, -0.1) is 0 Å². The molecule has 3 nitrogen and oxygen atoms in total. The minimum absolute atomic E-state index is 0.393. The Morgan fingerprint density at radius 1 is 1.27 bits per heavy atom. The molecule has 0 aliphatic heterocycles. The van der Waals surface area contributed by atoms with E-state index in [0.717, 1.165) is 13.6 Å². The van der Waals surface area contributed by atoms with Gasteiger partial charge in [0, 0.05) is 10.0 Å². The Morgan fingerprint density at radius 3 is 2.68 bits per heavy atom. The Hall–Kier alpha value is -0.790. The van der Waals surface area contributed by atoms with Gasteiger partial charge in [-0.1, -0.05) is 28.1 Å². The van der Waals surface area contributed by atoms with Crippen molar-refractivity contribution in [3.8, 4) is 11.5 Å². The molecule has 2 rings (SSSR count). The van der Waals surface area contributed by atoms with Crippen molar-refractivity contribution in [1.29, 1.82) is 0 Å². The van der Waals surface area contributed by atoms with E-state index in [0.29, 0.717) is 30.3 Å². The summed E-state index contributed by atoms with van der Waals surface area (Å²) in [6.45, 7) is 2.76. The third-order valence-electron chi connectivity index (χ3n) is 2.81. The molecule has 0 unspecified atom stereocenters. The van der Waals surface area contributed by atoms with Crippen molar-refractivity contribution < 1.29 is 14.3 Å². The Labute approximate surface area is 156 Å². The number of carbonyl (C=O) groups is 1. The lowest BCUT2D eigenvalue weighted by Crippen LogP contribution is -2.03. The highest BCUT2D eigenvalue weighted by Crippen LogP contribution is 2.35. The van der Waals surface area contributed by atoms with Gasteiger partial charge in [0.25, 0.3) is 5.24 Å². The first-order valence-corrected chi connectivity index (χ1v) is 8.79. The van der Waals surface area contributed by atoms with Crippen LogP contribution in [0.3, 0.4) is 0 Å². The zero-order valence-corrected chi connectivity index (χ0v) is 16.2. The summed E-state index contributed by atoms with van der Waals surface area (Å²) >= 11 is 11.1. The van der Waals surface area contributed by atoms with Crippen LogP contribution >= 0.6 is 50.1 Å². The monoisotopic (exact) mass is 494 g/mol. The van der Waals surface area contributed by atoms with E-state index in [1.54, 1.807) is 12.1 Å². The molecule has 0 fully saturated rings. The van der Waals surface area contributed by atoms with Crippen LogP contribution in [0.2, 0.25) is 0 Å².